The molecule has 0 spiro atoms. The van der Waals surface area contributed by atoms with Crippen LogP contribution < -0.4 is 5.32 Å². The highest BCUT2D eigenvalue weighted by atomic mass is 19.1. The number of rotatable bonds is 3. The first-order valence-corrected chi connectivity index (χ1v) is 5.95. The van der Waals surface area contributed by atoms with Crippen LogP contribution in [0, 0.1) is 24.4 Å². The fraction of sp³-hybridized carbons (Fsp3) is 0.200. The lowest BCUT2D eigenvalue weighted by atomic mass is 10.1. The average Bonchev–Trinajstić information content (AvgIpc) is 2.36. The van der Waals surface area contributed by atoms with E-state index in [0.717, 1.165) is 12.1 Å². The van der Waals surface area contributed by atoms with Crippen LogP contribution in [-0.4, -0.2) is 0 Å². The topological polar surface area (TPSA) is 12.0 Å². The third-order valence-corrected chi connectivity index (χ3v) is 2.97. The highest BCUT2D eigenvalue weighted by Crippen LogP contribution is 2.24. The molecule has 0 bridgehead atoms. The van der Waals surface area contributed by atoms with Crippen molar-refractivity contribution in [2.45, 2.75) is 19.9 Å². The molecular weight excluding hydrogens is 251 g/mol. The molecular formula is C15H14F3N. The largest absolute Gasteiger partial charge is 0.376 e. The molecule has 0 fully saturated rings. The molecule has 2 aromatic carbocycles. The lowest BCUT2D eigenvalue weighted by Crippen LogP contribution is -2.09. The maximum Gasteiger partial charge on any atom is 0.146 e. The monoisotopic (exact) mass is 265 g/mol. The molecule has 2 aromatic rings. The fourth-order valence-corrected chi connectivity index (χ4v) is 1.85. The Hall–Kier alpha value is -1.97. The molecule has 1 atom stereocenters. The van der Waals surface area contributed by atoms with Crippen molar-refractivity contribution >= 4 is 5.69 Å². The summed E-state index contributed by atoms with van der Waals surface area (Å²) in [5, 5.41) is 2.84. The summed E-state index contributed by atoms with van der Waals surface area (Å²) in [6, 6.07) is 7.92. The summed E-state index contributed by atoms with van der Waals surface area (Å²) >= 11 is 0. The van der Waals surface area contributed by atoms with Crippen LogP contribution in [0.1, 0.15) is 24.1 Å². The lowest BCUT2D eigenvalue weighted by molar-refractivity contribution is 0.592. The van der Waals surface area contributed by atoms with Gasteiger partial charge >= 0.3 is 0 Å². The van der Waals surface area contributed by atoms with E-state index >= 15 is 0 Å². The Balaban J connectivity index is 2.24. The second-order valence-corrected chi connectivity index (χ2v) is 4.50. The summed E-state index contributed by atoms with van der Waals surface area (Å²) < 4.78 is 40.2. The van der Waals surface area contributed by atoms with Gasteiger partial charge in [0, 0.05) is 12.1 Å². The predicted molar refractivity (Wildman–Crippen MR) is 69.5 cm³/mol. The molecule has 1 nitrogen and oxygen atoms in total. The van der Waals surface area contributed by atoms with Gasteiger partial charge in [0.25, 0.3) is 0 Å². The minimum Gasteiger partial charge on any atom is -0.376 e. The van der Waals surface area contributed by atoms with Gasteiger partial charge in [0.1, 0.15) is 17.5 Å². The Morgan fingerprint density at radius 3 is 2.42 bits per heavy atom. The first-order chi connectivity index (χ1) is 8.97. The zero-order chi connectivity index (χ0) is 14.0. The van der Waals surface area contributed by atoms with E-state index in [4.69, 9.17) is 0 Å². The lowest BCUT2D eigenvalue weighted by Gasteiger charge is -2.17. The summed E-state index contributed by atoms with van der Waals surface area (Å²) in [5.41, 5.74) is 0.988. The molecule has 1 N–H and O–H groups in total. The maximum absolute atomic E-state index is 13.7. The first kappa shape index (κ1) is 13.5. The number of hydrogen-bond donors (Lipinski definition) is 1. The molecule has 4 heteroatoms. The Bertz CT molecular complexity index is 596. The van der Waals surface area contributed by atoms with E-state index in [1.807, 2.05) is 0 Å². The molecule has 0 amide bonds. The van der Waals surface area contributed by atoms with E-state index in [0.29, 0.717) is 5.56 Å². The van der Waals surface area contributed by atoms with Crippen molar-refractivity contribution in [3.8, 4) is 0 Å². The third-order valence-electron chi connectivity index (χ3n) is 2.97. The van der Waals surface area contributed by atoms with Gasteiger partial charge in [0.2, 0.25) is 0 Å². The van der Waals surface area contributed by atoms with Crippen LogP contribution in [0.25, 0.3) is 0 Å². The number of anilines is 1. The van der Waals surface area contributed by atoms with E-state index in [2.05, 4.69) is 5.32 Å². The fourth-order valence-electron chi connectivity index (χ4n) is 1.85. The predicted octanol–water partition coefficient (Wildman–Crippen LogP) is 4.59. The Labute approximate surface area is 110 Å². The van der Waals surface area contributed by atoms with Gasteiger partial charge < -0.3 is 5.32 Å². The highest BCUT2D eigenvalue weighted by molar-refractivity contribution is 5.48. The van der Waals surface area contributed by atoms with Crippen molar-refractivity contribution in [3.05, 3.63) is 65.0 Å². The molecule has 19 heavy (non-hydrogen) atoms. The van der Waals surface area contributed by atoms with Crippen molar-refractivity contribution in [3.63, 3.8) is 0 Å². The number of hydrogen-bond acceptors (Lipinski definition) is 1. The quantitative estimate of drug-likeness (QED) is 0.856. The van der Waals surface area contributed by atoms with Gasteiger partial charge in [-0.05, 0) is 43.2 Å². The summed E-state index contributed by atoms with van der Waals surface area (Å²) in [4.78, 5) is 0. The molecule has 0 aromatic heterocycles. The minimum atomic E-state index is -0.526. The van der Waals surface area contributed by atoms with E-state index in [9.17, 15) is 13.2 Å². The van der Waals surface area contributed by atoms with Crippen LogP contribution in [0.3, 0.4) is 0 Å². The van der Waals surface area contributed by atoms with Gasteiger partial charge in [-0.1, -0.05) is 12.1 Å². The van der Waals surface area contributed by atoms with Gasteiger partial charge in [0.05, 0.1) is 5.69 Å². The highest BCUT2D eigenvalue weighted by Gasteiger charge is 2.11. The normalized spacial score (nSPS) is 12.3. The van der Waals surface area contributed by atoms with Crippen LogP contribution in [-0.2, 0) is 0 Å². The van der Waals surface area contributed by atoms with E-state index < -0.39 is 11.6 Å². The standard InChI is InChI=1S/C15H14F3N/c1-9-6-14(18)15(8-13(9)17)19-10(2)11-4-3-5-12(16)7-11/h3-8,10,19H,1-2H3. The van der Waals surface area contributed by atoms with E-state index in [1.54, 1.807) is 19.1 Å². The van der Waals surface area contributed by atoms with Crippen LogP contribution in [0.4, 0.5) is 18.9 Å². The molecule has 2 rings (SSSR count). The Morgan fingerprint density at radius 2 is 1.74 bits per heavy atom. The summed E-state index contributed by atoms with van der Waals surface area (Å²) in [5.74, 6) is -1.36. The molecule has 100 valence electrons. The third kappa shape index (κ3) is 3.08. The van der Waals surface area contributed by atoms with Crippen LogP contribution in [0.2, 0.25) is 0 Å². The van der Waals surface area contributed by atoms with Crippen molar-refractivity contribution in [2.24, 2.45) is 0 Å². The summed E-state index contributed by atoms with van der Waals surface area (Å²) in [6.45, 7) is 3.25. The van der Waals surface area contributed by atoms with Gasteiger partial charge in [0.15, 0.2) is 0 Å². The van der Waals surface area contributed by atoms with Crippen molar-refractivity contribution in [1.82, 2.24) is 0 Å². The smallest absolute Gasteiger partial charge is 0.146 e. The van der Waals surface area contributed by atoms with Crippen LogP contribution in [0.5, 0.6) is 0 Å². The molecule has 0 aliphatic carbocycles. The SMILES string of the molecule is Cc1cc(F)c(NC(C)c2cccc(F)c2)cc1F. The number of halogens is 3. The summed E-state index contributed by atoms with van der Waals surface area (Å²) in [7, 11) is 0. The second kappa shape index (κ2) is 5.34. The van der Waals surface area contributed by atoms with Crippen molar-refractivity contribution in [2.75, 3.05) is 5.32 Å². The molecule has 0 aliphatic heterocycles. The van der Waals surface area contributed by atoms with E-state index in [1.165, 1.54) is 19.1 Å². The minimum absolute atomic E-state index is 0.0693. The van der Waals surface area contributed by atoms with Gasteiger partial charge in [-0.25, -0.2) is 13.2 Å². The molecule has 0 radical (unpaired) electrons. The number of nitrogens with one attached hydrogen (secondary N) is 1. The van der Waals surface area contributed by atoms with Gasteiger partial charge in [-0.2, -0.15) is 0 Å². The Morgan fingerprint density at radius 1 is 1.00 bits per heavy atom. The van der Waals surface area contributed by atoms with Crippen LogP contribution in [0.15, 0.2) is 36.4 Å². The van der Waals surface area contributed by atoms with Gasteiger partial charge in [-0.3, -0.25) is 0 Å². The Kier molecular flexibility index (Phi) is 3.79. The number of benzene rings is 2. The molecule has 0 saturated heterocycles. The zero-order valence-electron chi connectivity index (χ0n) is 10.7. The van der Waals surface area contributed by atoms with E-state index in [-0.39, 0.29) is 23.1 Å². The van der Waals surface area contributed by atoms with Gasteiger partial charge in [-0.15, -0.1) is 0 Å². The average molecular weight is 265 g/mol. The van der Waals surface area contributed by atoms with Crippen LogP contribution >= 0.6 is 0 Å². The molecule has 0 aliphatic rings. The summed E-state index contributed by atoms with van der Waals surface area (Å²) in [6.07, 6.45) is 0. The molecule has 0 heterocycles. The van der Waals surface area contributed by atoms with Crippen molar-refractivity contribution < 1.29 is 13.2 Å². The first-order valence-electron chi connectivity index (χ1n) is 5.95. The molecule has 0 saturated carbocycles. The molecule has 1 unspecified atom stereocenters. The zero-order valence-corrected chi connectivity index (χ0v) is 10.7. The number of aryl methyl sites for hydroxylation is 1. The van der Waals surface area contributed by atoms with Crippen molar-refractivity contribution in [1.29, 1.82) is 0 Å². The second-order valence-electron chi connectivity index (χ2n) is 4.50. The maximum atomic E-state index is 13.7.